The van der Waals surface area contributed by atoms with Crippen LogP contribution in [0.25, 0.3) is 22.3 Å². The molecule has 0 saturated heterocycles. The second-order valence-electron chi connectivity index (χ2n) is 11.7. The van der Waals surface area contributed by atoms with E-state index in [4.69, 9.17) is 4.74 Å². The highest BCUT2D eigenvalue weighted by atomic mass is 16.5. The first-order valence-electron chi connectivity index (χ1n) is 14.4. The van der Waals surface area contributed by atoms with Crippen LogP contribution in [0, 0.1) is 0 Å². The third kappa shape index (κ3) is 3.30. The molecule has 1 nitrogen and oxygen atoms in total. The summed E-state index contributed by atoms with van der Waals surface area (Å²) in [5.74, 6) is 1.88. The SMILES string of the molecule is CC1(C)c2ccccc2Oc2ccc(-c3cccc4c3C(c3ccccc3)(c3ccccc3)c3ccccc3-4)cc21. The lowest BCUT2D eigenvalue weighted by Gasteiger charge is -2.36. The lowest BCUT2D eigenvalue weighted by atomic mass is 9.66. The maximum absolute atomic E-state index is 6.43. The average Bonchev–Trinajstić information content (AvgIpc) is 3.33. The molecule has 41 heavy (non-hydrogen) atoms. The molecule has 6 aromatic carbocycles. The van der Waals surface area contributed by atoms with E-state index < -0.39 is 5.41 Å². The maximum atomic E-state index is 6.43. The van der Waals surface area contributed by atoms with Crippen molar-refractivity contribution in [1.82, 2.24) is 0 Å². The van der Waals surface area contributed by atoms with Gasteiger partial charge in [-0.25, -0.2) is 0 Å². The molecule has 0 amide bonds. The van der Waals surface area contributed by atoms with E-state index in [9.17, 15) is 0 Å². The van der Waals surface area contributed by atoms with Crippen LogP contribution in [-0.4, -0.2) is 0 Å². The molecule has 1 aliphatic carbocycles. The molecule has 1 heteroatoms. The normalized spacial score (nSPS) is 15.2. The molecule has 0 fully saturated rings. The summed E-state index contributed by atoms with van der Waals surface area (Å²) in [6.07, 6.45) is 0. The zero-order valence-corrected chi connectivity index (χ0v) is 23.3. The fourth-order valence-electron chi connectivity index (χ4n) is 7.35. The summed E-state index contributed by atoms with van der Waals surface area (Å²) < 4.78 is 6.43. The van der Waals surface area contributed by atoms with Crippen LogP contribution in [0.15, 0.2) is 146 Å². The molecule has 0 unspecified atom stereocenters. The molecule has 0 atom stereocenters. The Balaban J connectivity index is 1.44. The standard InChI is InChI=1S/C40H30O/c1-39(2)34-22-11-12-23-36(34)41-37-25-24-27(26-35(37)39)30-19-13-20-32-31-18-9-10-21-33(31)40(38(30)32,28-14-5-3-6-15-28)29-16-7-4-8-17-29/h3-26H,1-2H3. The van der Waals surface area contributed by atoms with Gasteiger partial charge in [-0.2, -0.15) is 0 Å². The van der Waals surface area contributed by atoms with E-state index in [1.807, 2.05) is 6.07 Å². The van der Waals surface area contributed by atoms with Crippen molar-refractivity contribution in [2.24, 2.45) is 0 Å². The summed E-state index contributed by atoms with van der Waals surface area (Å²) in [7, 11) is 0. The van der Waals surface area contributed by atoms with Crippen LogP contribution in [0.5, 0.6) is 11.5 Å². The fourth-order valence-corrected chi connectivity index (χ4v) is 7.35. The number of ether oxygens (including phenoxy) is 1. The van der Waals surface area contributed by atoms with Crippen molar-refractivity contribution in [2.75, 3.05) is 0 Å². The minimum Gasteiger partial charge on any atom is -0.457 e. The van der Waals surface area contributed by atoms with Gasteiger partial charge in [0.1, 0.15) is 11.5 Å². The number of hydrogen-bond donors (Lipinski definition) is 0. The maximum Gasteiger partial charge on any atom is 0.131 e. The van der Waals surface area contributed by atoms with E-state index in [1.54, 1.807) is 0 Å². The molecule has 0 aromatic heterocycles. The van der Waals surface area contributed by atoms with Crippen LogP contribution in [0.2, 0.25) is 0 Å². The second kappa shape index (κ2) is 8.81. The van der Waals surface area contributed by atoms with Gasteiger partial charge in [0.25, 0.3) is 0 Å². The lowest BCUT2D eigenvalue weighted by Crippen LogP contribution is -2.29. The van der Waals surface area contributed by atoms with Gasteiger partial charge in [-0.1, -0.05) is 141 Å². The smallest absolute Gasteiger partial charge is 0.131 e. The van der Waals surface area contributed by atoms with Gasteiger partial charge in [0.05, 0.1) is 5.41 Å². The zero-order valence-electron chi connectivity index (χ0n) is 23.3. The van der Waals surface area contributed by atoms with Crippen LogP contribution >= 0.6 is 0 Å². The molecule has 1 aliphatic heterocycles. The van der Waals surface area contributed by atoms with E-state index in [0.717, 1.165) is 11.5 Å². The van der Waals surface area contributed by atoms with Crippen LogP contribution in [0.1, 0.15) is 47.2 Å². The van der Waals surface area contributed by atoms with Crippen molar-refractivity contribution >= 4 is 0 Å². The van der Waals surface area contributed by atoms with E-state index in [1.165, 1.54) is 55.6 Å². The Hall–Kier alpha value is -4.88. The first-order chi connectivity index (χ1) is 20.1. The molecule has 0 N–H and O–H groups in total. The number of benzene rings is 6. The van der Waals surface area contributed by atoms with Crippen LogP contribution in [0.3, 0.4) is 0 Å². The molecule has 0 radical (unpaired) electrons. The Morgan fingerprint density at radius 1 is 0.439 bits per heavy atom. The summed E-state index contributed by atoms with van der Waals surface area (Å²) in [6.45, 7) is 4.61. The van der Waals surface area contributed by atoms with Crippen molar-refractivity contribution in [3.05, 3.63) is 179 Å². The molecule has 6 aromatic rings. The zero-order chi connectivity index (χ0) is 27.6. The molecule has 0 spiro atoms. The van der Waals surface area contributed by atoms with Gasteiger partial charge in [-0.15, -0.1) is 0 Å². The highest BCUT2D eigenvalue weighted by Crippen LogP contribution is 2.59. The minimum absolute atomic E-state index is 0.183. The molecule has 0 saturated carbocycles. The Morgan fingerprint density at radius 2 is 1.00 bits per heavy atom. The summed E-state index contributed by atoms with van der Waals surface area (Å²) in [6, 6.07) is 53.0. The number of hydrogen-bond acceptors (Lipinski definition) is 1. The number of para-hydroxylation sites is 1. The van der Waals surface area contributed by atoms with Crippen LogP contribution in [0.4, 0.5) is 0 Å². The van der Waals surface area contributed by atoms with E-state index >= 15 is 0 Å². The van der Waals surface area contributed by atoms with Crippen molar-refractivity contribution in [1.29, 1.82) is 0 Å². The van der Waals surface area contributed by atoms with Gasteiger partial charge in [0, 0.05) is 16.5 Å². The lowest BCUT2D eigenvalue weighted by molar-refractivity contribution is 0.418. The Kier molecular flexibility index (Phi) is 5.15. The predicted octanol–water partition coefficient (Wildman–Crippen LogP) is 10.1. The topological polar surface area (TPSA) is 9.23 Å². The minimum atomic E-state index is -0.445. The van der Waals surface area contributed by atoms with Crippen LogP contribution < -0.4 is 4.74 Å². The van der Waals surface area contributed by atoms with E-state index in [0.29, 0.717) is 0 Å². The van der Waals surface area contributed by atoms with Gasteiger partial charge < -0.3 is 4.74 Å². The summed E-state index contributed by atoms with van der Waals surface area (Å²) >= 11 is 0. The third-order valence-electron chi connectivity index (χ3n) is 9.22. The first-order valence-corrected chi connectivity index (χ1v) is 14.4. The van der Waals surface area contributed by atoms with Gasteiger partial charge in [0.2, 0.25) is 0 Å². The van der Waals surface area contributed by atoms with Crippen molar-refractivity contribution in [2.45, 2.75) is 24.7 Å². The molecular weight excluding hydrogens is 496 g/mol. The molecule has 2 aliphatic rings. The molecule has 196 valence electrons. The van der Waals surface area contributed by atoms with Gasteiger partial charge in [0.15, 0.2) is 0 Å². The summed E-state index contributed by atoms with van der Waals surface area (Å²) in [5, 5.41) is 0. The van der Waals surface area contributed by atoms with Crippen molar-refractivity contribution < 1.29 is 4.74 Å². The molecule has 0 bridgehead atoms. The highest BCUT2D eigenvalue weighted by molar-refractivity contribution is 5.92. The summed E-state index contributed by atoms with van der Waals surface area (Å²) in [5.41, 5.74) is 12.1. The third-order valence-corrected chi connectivity index (χ3v) is 9.22. The quantitative estimate of drug-likeness (QED) is 0.223. The average molecular weight is 527 g/mol. The Labute approximate surface area is 241 Å². The number of fused-ring (bicyclic) bond motifs is 5. The van der Waals surface area contributed by atoms with E-state index in [-0.39, 0.29) is 5.41 Å². The summed E-state index contributed by atoms with van der Waals surface area (Å²) in [4.78, 5) is 0. The number of rotatable bonds is 3. The highest BCUT2D eigenvalue weighted by Gasteiger charge is 2.47. The second-order valence-corrected chi connectivity index (χ2v) is 11.7. The van der Waals surface area contributed by atoms with Gasteiger partial charge >= 0.3 is 0 Å². The fraction of sp³-hybridized carbons (Fsp3) is 0.100. The molecule has 8 rings (SSSR count). The molecule has 1 heterocycles. The van der Waals surface area contributed by atoms with Crippen molar-refractivity contribution in [3.63, 3.8) is 0 Å². The first kappa shape index (κ1) is 24.0. The Bertz CT molecular complexity index is 1890. The van der Waals surface area contributed by atoms with Gasteiger partial charge in [-0.05, 0) is 62.7 Å². The molecular formula is C40H30O. The monoisotopic (exact) mass is 526 g/mol. The predicted molar refractivity (Wildman–Crippen MR) is 168 cm³/mol. The van der Waals surface area contributed by atoms with E-state index in [2.05, 4.69) is 153 Å². The van der Waals surface area contributed by atoms with Crippen molar-refractivity contribution in [3.8, 4) is 33.8 Å². The Morgan fingerprint density at radius 3 is 1.73 bits per heavy atom. The van der Waals surface area contributed by atoms with Crippen LogP contribution in [-0.2, 0) is 10.8 Å². The largest absolute Gasteiger partial charge is 0.457 e. The van der Waals surface area contributed by atoms with Gasteiger partial charge in [-0.3, -0.25) is 0 Å².